The van der Waals surface area contributed by atoms with Crippen LogP contribution in [0.15, 0.2) is 47.1 Å². The van der Waals surface area contributed by atoms with Crippen molar-refractivity contribution in [3.63, 3.8) is 0 Å². The molecule has 18 heavy (non-hydrogen) atoms. The van der Waals surface area contributed by atoms with E-state index < -0.39 is 0 Å². The summed E-state index contributed by atoms with van der Waals surface area (Å²) >= 11 is 3.48. The zero-order valence-corrected chi connectivity index (χ0v) is 11.5. The molecule has 1 aromatic carbocycles. The van der Waals surface area contributed by atoms with Gasteiger partial charge in [0.2, 0.25) is 0 Å². The van der Waals surface area contributed by atoms with Gasteiger partial charge in [-0.2, -0.15) is 0 Å². The number of hydrogen-bond acceptors (Lipinski definition) is 4. The number of halogens is 1. The van der Waals surface area contributed by atoms with Crippen LogP contribution in [0.1, 0.15) is 17.3 Å². The minimum absolute atomic E-state index is 0.185. The number of pyridine rings is 1. The molecule has 1 heterocycles. The molecule has 1 aromatic heterocycles. The standard InChI is InChI=1S/C13H14BrN3O/c1-18-10-5-2-4-9(8-10)12(17-15)13-11(14)6-3-7-16-13/h2-8,12,17H,15H2,1H3. The van der Waals surface area contributed by atoms with Gasteiger partial charge >= 0.3 is 0 Å². The molecule has 5 heteroatoms. The van der Waals surface area contributed by atoms with E-state index in [1.165, 1.54) is 0 Å². The Hall–Kier alpha value is -1.43. The van der Waals surface area contributed by atoms with Gasteiger partial charge in [0.15, 0.2) is 0 Å². The first kappa shape index (κ1) is 13.0. The topological polar surface area (TPSA) is 60.2 Å². The fraction of sp³-hybridized carbons (Fsp3) is 0.154. The Morgan fingerprint density at radius 2 is 2.17 bits per heavy atom. The molecule has 0 amide bonds. The van der Waals surface area contributed by atoms with Crippen molar-refractivity contribution in [2.75, 3.05) is 7.11 Å². The number of hydrogen-bond donors (Lipinski definition) is 2. The largest absolute Gasteiger partial charge is 0.497 e. The van der Waals surface area contributed by atoms with E-state index in [0.717, 1.165) is 21.5 Å². The van der Waals surface area contributed by atoms with Gasteiger partial charge in [-0.1, -0.05) is 12.1 Å². The van der Waals surface area contributed by atoms with E-state index in [-0.39, 0.29) is 6.04 Å². The van der Waals surface area contributed by atoms with Gasteiger partial charge < -0.3 is 4.74 Å². The fourth-order valence-electron chi connectivity index (χ4n) is 1.76. The molecule has 0 radical (unpaired) electrons. The number of nitrogens with two attached hydrogens (primary N) is 1. The number of ether oxygens (including phenoxy) is 1. The SMILES string of the molecule is COc1cccc(C(NN)c2ncccc2Br)c1. The summed E-state index contributed by atoms with van der Waals surface area (Å²) in [4.78, 5) is 4.35. The number of nitrogens with one attached hydrogen (secondary N) is 1. The summed E-state index contributed by atoms with van der Waals surface area (Å²) in [5, 5.41) is 0. The van der Waals surface area contributed by atoms with Crippen molar-refractivity contribution < 1.29 is 4.74 Å². The summed E-state index contributed by atoms with van der Waals surface area (Å²) in [7, 11) is 1.64. The molecule has 0 aliphatic carbocycles. The third-order valence-electron chi connectivity index (χ3n) is 2.65. The molecular weight excluding hydrogens is 294 g/mol. The second kappa shape index (κ2) is 5.95. The average Bonchev–Trinajstić information content (AvgIpc) is 2.42. The van der Waals surface area contributed by atoms with Crippen LogP contribution in [0.4, 0.5) is 0 Å². The van der Waals surface area contributed by atoms with E-state index in [1.54, 1.807) is 13.3 Å². The van der Waals surface area contributed by atoms with E-state index in [4.69, 9.17) is 10.6 Å². The molecule has 0 aliphatic heterocycles. The van der Waals surface area contributed by atoms with Gasteiger partial charge in [0.25, 0.3) is 0 Å². The van der Waals surface area contributed by atoms with Crippen LogP contribution in [0.25, 0.3) is 0 Å². The Bertz CT molecular complexity index is 533. The highest BCUT2D eigenvalue weighted by Crippen LogP contribution is 2.27. The summed E-state index contributed by atoms with van der Waals surface area (Å²) in [5.41, 5.74) is 4.62. The maximum Gasteiger partial charge on any atom is 0.119 e. The first-order valence-electron chi connectivity index (χ1n) is 5.46. The van der Waals surface area contributed by atoms with Gasteiger partial charge in [-0.05, 0) is 45.8 Å². The Balaban J connectivity index is 2.42. The molecule has 2 aromatic rings. The van der Waals surface area contributed by atoms with Crippen LogP contribution in [-0.2, 0) is 0 Å². The van der Waals surface area contributed by atoms with Crippen LogP contribution in [0.2, 0.25) is 0 Å². The molecule has 0 aliphatic rings. The molecule has 0 bridgehead atoms. The number of methoxy groups -OCH3 is 1. The highest BCUT2D eigenvalue weighted by atomic mass is 79.9. The van der Waals surface area contributed by atoms with Crippen molar-refractivity contribution in [3.8, 4) is 5.75 Å². The zero-order chi connectivity index (χ0) is 13.0. The van der Waals surface area contributed by atoms with E-state index >= 15 is 0 Å². The molecule has 4 nitrogen and oxygen atoms in total. The van der Waals surface area contributed by atoms with Crippen LogP contribution in [-0.4, -0.2) is 12.1 Å². The highest BCUT2D eigenvalue weighted by molar-refractivity contribution is 9.10. The molecule has 1 unspecified atom stereocenters. The summed E-state index contributed by atoms with van der Waals surface area (Å²) in [6.45, 7) is 0. The van der Waals surface area contributed by atoms with Gasteiger partial charge in [0, 0.05) is 10.7 Å². The van der Waals surface area contributed by atoms with Crippen LogP contribution >= 0.6 is 15.9 Å². The third-order valence-corrected chi connectivity index (χ3v) is 3.32. The van der Waals surface area contributed by atoms with Crippen molar-refractivity contribution in [3.05, 3.63) is 58.3 Å². The lowest BCUT2D eigenvalue weighted by atomic mass is 10.0. The van der Waals surface area contributed by atoms with E-state index in [1.807, 2.05) is 36.4 Å². The van der Waals surface area contributed by atoms with Gasteiger partial charge in [-0.3, -0.25) is 10.8 Å². The van der Waals surface area contributed by atoms with Crippen LogP contribution in [0, 0.1) is 0 Å². The normalized spacial score (nSPS) is 12.2. The third kappa shape index (κ3) is 2.69. The van der Waals surface area contributed by atoms with Crippen LogP contribution in [0.3, 0.4) is 0 Å². The van der Waals surface area contributed by atoms with Gasteiger partial charge in [0.1, 0.15) is 5.75 Å². The van der Waals surface area contributed by atoms with Gasteiger partial charge in [-0.15, -0.1) is 0 Å². The van der Waals surface area contributed by atoms with E-state index in [0.29, 0.717) is 0 Å². The molecule has 0 saturated carbocycles. The molecule has 1 atom stereocenters. The summed E-state index contributed by atoms with van der Waals surface area (Å²) in [5.74, 6) is 6.44. The van der Waals surface area contributed by atoms with Crippen molar-refractivity contribution in [1.29, 1.82) is 0 Å². The number of nitrogens with zero attached hydrogens (tertiary/aromatic N) is 1. The predicted molar refractivity (Wildman–Crippen MR) is 74.1 cm³/mol. The molecule has 0 fully saturated rings. The Kier molecular flexibility index (Phi) is 4.30. The van der Waals surface area contributed by atoms with Gasteiger partial charge in [0.05, 0.1) is 18.8 Å². The lowest BCUT2D eigenvalue weighted by Gasteiger charge is -2.17. The maximum absolute atomic E-state index is 5.65. The second-order valence-corrected chi connectivity index (χ2v) is 4.60. The predicted octanol–water partition coefficient (Wildman–Crippen LogP) is 2.41. The molecular formula is C13H14BrN3O. The van der Waals surface area contributed by atoms with Crippen LogP contribution in [0.5, 0.6) is 5.75 Å². The summed E-state index contributed by atoms with van der Waals surface area (Å²) in [6.07, 6.45) is 1.74. The second-order valence-electron chi connectivity index (χ2n) is 3.75. The zero-order valence-electron chi connectivity index (χ0n) is 9.93. The highest BCUT2D eigenvalue weighted by Gasteiger charge is 2.16. The molecule has 94 valence electrons. The van der Waals surface area contributed by atoms with Crippen LogP contribution < -0.4 is 16.0 Å². The minimum atomic E-state index is -0.185. The fourth-order valence-corrected chi connectivity index (χ4v) is 2.25. The smallest absolute Gasteiger partial charge is 0.119 e. The minimum Gasteiger partial charge on any atom is -0.497 e. The number of rotatable bonds is 4. The van der Waals surface area contributed by atoms with Crippen molar-refractivity contribution in [2.24, 2.45) is 5.84 Å². The Labute approximate surface area is 114 Å². The summed E-state index contributed by atoms with van der Waals surface area (Å²) in [6, 6.07) is 11.4. The lowest BCUT2D eigenvalue weighted by molar-refractivity contribution is 0.413. The van der Waals surface area contributed by atoms with E-state index in [2.05, 4.69) is 26.3 Å². The first-order chi connectivity index (χ1) is 8.76. The quantitative estimate of drug-likeness (QED) is 0.672. The maximum atomic E-state index is 5.65. The average molecular weight is 308 g/mol. The molecule has 0 spiro atoms. The van der Waals surface area contributed by atoms with Gasteiger partial charge in [-0.25, -0.2) is 5.43 Å². The number of aromatic nitrogens is 1. The number of benzene rings is 1. The Morgan fingerprint density at radius 3 is 2.83 bits per heavy atom. The number of hydrazine groups is 1. The first-order valence-corrected chi connectivity index (χ1v) is 6.26. The van der Waals surface area contributed by atoms with E-state index in [9.17, 15) is 0 Å². The lowest BCUT2D eigenvalue weighted by Crippen LogP contribution is -2.29. The summed E-state index contributed by atoms with van der Waals surface area (Å²) < 4.78 is 6.13. The van der Waals surface area contributed by atoms with Crippen molar-refractivity contribution in [2.45, 2.75) is 6.04 Å². The van der Waals surface area contributed by atoms with Crippen molar-refractivity contribution >= 4 is 15.9 Å². The van der Waals surface area contributed by atoms with Crippen molar-refractivity contribution in [1.82, 2.24) is 10.4 Å². The molecule has 2 rings (SSSR count). The Morgan fingerprint density at radius 1 is 1.33 bits per heavy atom. The molecule has 3 N–H and O–H groups in total. The monoisotopic (exact) mass is 307 g/mol. The molecule has 0 saturated heterocycles.